The Labute approximate surface area is 129 Å². The van der Waals surface area contributed by atoms with Crippen LogP contribution in [0.15, 0.2) is 24.4 Å². The highest BCUT2D eigenvalue weighted by atomic mass is 32.2. The number of aromatic nitrogens is 2. The molecule has 0 amide bonds. The van der Waals surface area contributed by atoms with Crippen LogP contribution in [0, 0.1) is 11.3 Å². The number of fused-ring (bicyclic) bond motifs is 1. The highest BCUT2D eigenvalue weighted by molar-refractivity contribution is 7.88. The molecule has 1 aliphatic rings. The minimum absolute atomic E-state index is 0.153. The standard InChI is InChI=1S/C14H17N5O2S/c1-11-10-17(7-8-19(11)22(2,20)21)14-12(9-15)18-6-4-3-5-13(18)16-14/h3-6,11H,7-8,10H2,1-2H3/t11-/m1/s1. The van der Waals surface area contributed by atoms with E-state index in [9.17, 15) is 13.7 Å². The van der Waals surface area contributed by atoms with Crippen LogP contribution in [-0.2, 0) is 10.0 Å². The van der Waals surface area contributed by atoms with Crippen LogP contribution < -0.4 is 4.90 Å². The summed E-state index contributed by atoms with van der Waals surface area (Å²) in [6.07, 6.45) is 3.03. The number of nitriles is 1. The molecule has 0 unspecified atom stereocenters. The fourth-order valence-corrected chi connectivity index (χ4v) is 4.07. The third-order valence-electron chi connectivity index (χ3n) is 3.91. The first kappa shape index (κ1) is 14.8. The summed E-state index contributed by atoms with van der Waals surface area (Å²) in [6, 6.07) is 7.62. The van der Waals surface area contributed by atoms with Gasteiger partial charge in [-0.3, -0.25) is 4.40 Å². The zero-order chi connectivity index (χ0) is 15.9. The molecule has 0 spiro atoms. The summed E-state index contributed by atoms with van der Waals surface area (Å²) in [5.74, 6) is 0.619. The van der Waals surface area contributed by atoms with Crippen molar-refractivity contribution in [2.75, 3.05) is 30.8 Å². The van der Waals surface area contributed by atoms with Crippen molar-refractivity contribution in [3.8, 4) is 6.07 Å². The van der Waals surface area contributed by atoms with Crippen molar-refractivity contribution in [3.05, 3.63) is 30.1 Å². The molecule has 3 rings (SSSR count). The highest BCUT2D eigenvalue weighted by Crippen LogP contribution is 2.24. The van der Waals surface area contributed by atoms with Crippen LogP contribution in [0.5, 0.6) is 0 Å². The molecule has 2 aromatic rings. The molecule has 1 saturated heterocycles. The second-order valence-electron chi connectivity index (χ2n) is 5.49. The molecule has 7 nitrogen and oxygen atoms in total. The molecule has 1 aliphatic heterocycles. The maximum absolute atomic E-state index is 11.7. The van der Waals surface area contributed by atoms with E-state index >= 15 is 0 Å². The van der Waals surface area contributed by atoms with Crippen LogP contribution >= 0.6 is 0 Å². The van der Waals surface area contributed by atoms with E-state index in [0.29, 0.717) is 36.8 Å². The van der Waals surface area contributed by atoms with Gasteiger partial charge in [-0.05, 0) is 19.1 Å². The summed E-state index contributed by atoms with van der Waals surface area (Å²) < 4.78 is 26.7. The molecule has 3 heterocycles. The molecule has 0 aliphatic carbocycles. The van der Waals surface area contributed by atoms with Gasteiger partial charge in [0.1, 0.15) is 11.7 Å². The van der Waals surface area contributed by atoms with Crippen LogP contribution in [-0.4, -0.2) is 54.0 Å². The lowest BCUT2D eigenvalue weighted by atomic mass is 10.2. The minimum atomic E-state index is -3.20. The third-order valence-corrected chi connectivity index (χ3v) is 5.30. The molecule has 0 bridgehead atoms. The Hall–Kier alpha value is -2.11. The fourth-order valence-electron chi connectivity index (χ4n) is 2.93. The summed E-state index contributed by atoms with van der Waals surface area (Å²) in [4.78, 5) is 6.51. The SMILES string of the molecule is C[C@@H]1CN(c2nc3ccccn3c2C#N)CCN1S(C)(=O)=O. The van der Waals surface area contributed by atoms with E-state index in [1.165, 1.54) is 10.6 Å². The van der Waals surface area contributed by atoms with Gasteiger partial charge in [0.2, 0.25) is 10.0 Å². The summed E-state index contributed by atoms with van der Waals surface area (Å²) >= 11 is 0. The number of sulfonamides is 1. The molecule has 0 radical (unpaired) electrons. The predicted octanol–water partition coefficient (Wildman–Crippen LogP) is 0.676. The Balaban J connectivity index is 1.95. The molecule has 22 heavy (non-hydrogen) atoms. The number of hydrogen-bond donors (Lipinski definition) is 0. The normalized spacial score (nSPS) is 20.2. The van der Waals surface area contributed by atoms with Gasteiger partial charge in [0, 0.05) is 31.9 Å². The molecular weight excluding hydrogens is 302 g/mol. The van der Waals surface area contributed by atoms with Gasteiger partial charge in [-0.1, -0.05) is 6.07 Å². The van der Waals surface area contributed by atoms with Gasteiger partial charge < -0.3 is 4.90 Å². The van der Waals surface area contributed by atoms with E-state index in [1.807, 2.05) is 30.0 Å². The lowest BCUT2D eigenvalue weighted by Gasteiger charge is -2.38. The van der Waals surface area contributed by atoms with E-state index in [2.05, 4.69) is 11.1 Å². The Morgan fingerprint density at radius 3 is 2.77 bits per heavy atom. The van der Waals surface area contributed by atoms with E-state index in [1.54, 1.807) is 10.6 Å². The first-order chi connectivity index (χ1) is 10.4. The molecule has 0 aromatic carbocycles. The third kappa shape index (κ3) is 2.42. The van der Waals surface area contributed by atoms with Crippen molar-refractivity contribution >= 4 is 21.5 Å². The zero-order valence-corrected chi connectivity index (χ0v) is 13.3. The van der Waals surface area contributed by atoms with Crippen molar-refractivity contribution in [1.29, 1.82) is 5.26 Å². The first-order valence-corrected chi connectivity index (χ1v) is 8.85. The molecular formula is C14H17N5O2S. The van der Waals surface area contributed by atoms with Gasteiger partial charge in [0.05, 0.1) is 6.26 Å². The van der Waals surface area contributed by atoms with Gasteiger partial charge in [0.15, 0.2) is 11.5 Å². The number of nitrogens with zero attached hydrogens (tertiary/aromatic N) is 5. The second-order valence-corrected chi connectivity index (χ2v) is 7.43. The maximum atomic E-state index is 11.7. The predicted molar refractivity (Wildman–Crippen MR) is 83.1 cm³/mol. The lowest BCUT2D eigenvalue weighted by molar-refractivity contribution is 0.308. The van der Waals surface area contributed by atoms with E-state index in [4.69, 9.17) is 0 Å². The highest BCUT2D eigenvalue weighted by Gasteiger charge is 2.32. The van der Waals surface area contributed by atoms with Crippen LogP contribution in [0.1, 0.15) is 12.6 Å². The van der Waals surface area contributed by atoms with Gasteiger partial charge >= 0.3 is 0 Å². The Morgan fingerprint density at radius 1 is 1.36 bits per heavy atom. The van der Waals surface area contributed by atoms with Crippen molar-refractivity contribution < 1.29 is 8.42 Å². The minimum Gasteiger partial charge on any atom is -0.351 e. The van der Waals surface area contributed by atoms with Crippen LogP contribution in [0.4, 0.5) is 5.82 Å². The number of hydrogen-bond acceptors (Lipinski definition) is 5. The second kappa shape index (κ2) is 5.26. The Morgan fingerprint density at radius 2 is 2.14 bits per heavy atom. The van der Waals surface area contributed by atoms with Gasteiger partial charge in [0.25, 0.3) is 0 Å². The van der Waals surface area contributed by atoms with Crippen LogP contribution in [0.2, 0.25) is 0 Å². The average Bonchev–Trinajstić information content (AvgIpc) is 2.84. The first-order valence-electron chi connectivity index (χ1n) is 7.01. The number of pyridine rings is 1. The molecule has 0 saturated carbocycles. The average molecular weight is 319 g/mol. The van der Waals surface area contributed by atoms with E-state index in [0.717, 1.165) is 0 Å². The van der Waals surface area contributed by atoms with Crippen LogP contribution in [0.25, 0.3) is 5.65 Å². The number of imidazole rings is 1. The van der Waals surface area contributed by atoms with Crippen molar-refractivity contribution in [2.45, 2.75) is 13.0 Å². The van der Waals surface area contributed by atoms with Crippen LogP contribution in [0.3, 0.4) is 0 Å². The van der Waals surface area contributed by atoms with Gasteiger partial charge in [-0.25, -0.2) is 13.4 Å². The van der Waals surface area contributed by atoms with Crippen molar-refractivity contribution in [2.24, 2.45) is 0 Å². The summed E-state index contributed by atoms with van der Waals surface area (Å²) in [7, 11) is -3.20. The molecule has 1 fully saturated rings. The smallest absolute Gasteiger partial charge is 0.211 e. The molecule has 8 heteroatoms. The summed E-state index contributed by atoms with van der Waals surface area (Å²) in [5, 5.41) is 9.44. The maximum Gasteiger partial charge on any atom is 0.211 e. The summed E-state index contributed by atoms with van der Waals surface area (Å²) in [5.41, 5.74) is 1.20. The lowest BCUT2D eigenvalue weighted by Crippen LogP contribution is -2.54. The largest absolute Gasteiger partial charge is 0.351 e. The van der Waals surface area contributed by atoms with Crippen molar-refractivity contribution in [3.63, 3.8) is 0 Å². The number of rotatable bonds is 2. The van der Waals surface area contributed by atoms with E-state index in [-0.39, 0.29) is 6.04 Å². The summed E-state index contributed by atoms with van der Waals surface area (Å²) in [6.45, 7) is 3.31. The molecule has 0 N–H and O–H groups in total. The Kier molecular flexibility index (Phi) is 3.54. The molecule has 1 atom stereocenters. The number of piperazine rings is 1. The topological polar surface area (TPSA) is 81.7 Å². The number of anilines is 1. The molecule has 2 aromatic heterocycles. The molecule has 116 valence electrons. The zero-order valence-electron chi connectivity index (χ0n) is 12.5. The van der Waals surface area contributed by atoms with Gasteiger partial charge in [-0.2, -0.15) is 9.57 Å². The monoisotopic (exact) mass is 319 g/mol. The van der Waals surface area contributed by atoms with Gasteiger partial charge in [-0.15, -0.1) is 0 Å². The fraction of sp³-hybridized carbons (Fsp3) is 0.429. The van der Waals surface area contributed by atoms with Crippen molar-refractivity contribution in [1.82, 2.24) is 13.7 Å². The quantitative estimate of drug-likeness (QED) is 0.813. The Bertz CT molecular complexity index is 852. The van der Waals surface area contributed by atoms with E-state index < -0.39 is 10.0 Å².